The molecule has 1 aromatic rings. The lowest BCUT2D eigenvalue weighted by Gasteiger charge is -2.01. The van der Waals surface area contributed by atoms with Crippen LogP contribution in [0.2, 0.25) is 0 Å². The Labute approximate surface area is 57.7 Å². The van der Waals surface area contributed by atoms with Crippen LogP contribution in [0.3, 0.4) is 0 Å². The summed E-state index contributed by atoms with van der Waals surface area (Å²) in [4.78, 5) is 0. The van der Waals surface area contributed by atoms with E-state index >= 15 is 0 Å². The van der Waals surface area contributed by atoms with Crippen molar-refractivity contribution < 1.29 is 14.0 Å². The molecule has 1 saturated heterocycles. The van der Waals surface area contributed by atoms with Gasteiger partial charge in [0.1, 0.15) is 12.0 Å². The third-order valence-corrected chi connectivity index (χ3v) is 1.32. The number of nitrogens with zero attached hydrogens (tertiary/aromatic N) is 1. The lowest BCUT2D eigenvalue weighted by Crippen LogP contribution is -1.97. The van der Waals surface area contributed by atoms with Gasteiger partial charge in [-0.25, -0.2) is 0 Å². The van der Waals surface area contributed by atoms with Gasteiger partial charge in [-0.15, -0.1) is 0 Å². The summed E-state index contributed by atoms with van der Waals surface area (Å²) >= 11 is 0. The Bertz CT molecular complexity index is 191. The minimum atomic E-state index is -0.307. The minimum absolute atomic E-state index is 0.307. The molecule has 1 aliphatic heterocycles. The molecule has 10 heavy (non-hydrogen) atoms. The molecule has 0 aliphatic carbocycles. The second-order valence-electron chi connectivity index (χ2n) is 2.00. The number of rotatable bonds is 1. The summed E-state index contributed by atoms with van der Waals surface area (Å²) in [5, 5.41) is 3.67. The zero-order valence-corrected chi connectivity index (χ0v) is 5.32. The molecule has 0 amide bonds. The molecule has 0 bridgehead atoms. The summed E-state index contributed by atoms with van der Waals surface area (Å²) in [6.07, 6.45) is 1.19. The largest absolute Gasteiger partial charge is 0.364 e. The van der Waals surface area contributed by atoms with Gasteiger partial charge in [0.05, 0.1) is 13.2 Å². The van der Waals surface area contributed by atoms with Crippen molar-refractivity contribution >= 4 is 0 Å². The lowest BCUT2D eigenvalue weighted by molar-refractivity contribution is -0.0490. The first kappa shape index (κ1) is 5.88. The van der Waals surface area contributed by atoms with Gasteiger partial charge >= 0.3 is 0 Å². The van der Waals surface area contributed by atoms with Gasteiger partial charge in [0, 0.05) is 6.07 Å². The standard InChI is InChI=1S/C6H7NO3/c1-2-10-7-5(1)6-8-3-4-9-6/h1-2,6H,3-4H2. The first-order valence-corrected chi connectivity index (χ1v) is 3.10. The molecule has 0 atom stereocenters. The number of aromatic nitrogens is 1. The molecule has 0 saturated carbocycles. The fourth-order valence-electron chi connectivity index (χ4n) is 0.873. The summed E-state index contributed by atoms with van der Waals surface area (Å²) in [7, 11) is 0. The summed E-state index contributed by atoms with van der Waals surface area (Å²) < 4.78 is 14.9. The van der Waals surface area contributed by atoms with Crippen molar-refractivity contribution in [1.29, 1.82) is 0 Å². The van der Waals surface area contributed by atoms with Crippen LogP contribution in [0.4, 0.5) is 0 Å². The molecule has 54 valence electrons. The van der Waals surface area contributed by atoms with Gasteiger partial charge in [0.25, 0.3) is 0 Å². The van der Waals surface area contributed by atoms with E-state index in [1.165, 1.54) is 6.26 Å². The van der Waals surface area contributed by atoms with Gasteiger partial charge in [0.2, 0.25) is 6.29 Å². The van der Waals surface area contributed by atoms with E-state index in [1.807, 2.05) is 0 Å². The zero-order valence-electron chi connectivity index (χ0n) is 5.32. The van der Waals surface area contributed by atoms with E-state index in [0.29, 0.717) is 18.9 Å². The van der Waals surface area contributed by atoms with Crippen LogP contribution in [0.1, 0.15) is 12.0 Å². The molecule has 0 unspecified atom stereocenters. The van der Waals surface area contributed by atoms with Crippen molar-refractivity contribution in [3.8, 4) is 0 Å². The third kappa shape index (κ3) is 0.913. The molecule has 4 nitrogen and oxygen atoms in total. The van der Waals surface area contributed by atoms with Crippen LogP contribution in [0, 0.1) is 0 Å². The van der Waals surface area contributed by atoms with E-state index in [-0.39, 0.29) is 6.29 Å². The van der Waals surface area contributed by atoms with E-state index in [9.17, 15) is 0 Å². The van der Waals surface area contributed by atoms with Crippen molar-refractivity contribution in [2.24, 2.45) is 0 Å². The third-order valence-electron chi connectivity index (χ3n) is 1.32. The Morgan fingerprint density at radius 1 is 1.40 bits per heavy atom. The molecule has 0 radical (unpaired) electrons. The minimum Gasteiger partial charge on any atom is -0.364 e. The van der Waals surface area contributed by atoms with E-state index in [1.54, 1.807) is 6.07 Å². The molecule has 1 aliphatic rings. The molecule has 1 aromatic heterocycles. The molecule has 2 rings (SSSR count). The first-order valence-electron chi connectivity index (χ1n) is 3.10. The monoisotopic (exact) mass is 141 g/mol. The van der Waals surface area contributed by atoms with Crippen LogP contribution < -0.4 is 0 Å². The van der Waals surface area contributed by atoms with E-state index in [4.69, 9.17) is 9.47 Å². The van der Waals surface area contributed by atoms with Crippen molar-refractivity contribution in [1.82, 2.24) is 5.16 Å². The molecule has 1 fully saturated rings. The Morgan fingerprint density at radius 3 is 2.80 bits per heavy atom. The van der Waals surface area contributed by atoms with Gasteiger partial charge in [-0.3, -0.25) is 0 Å². The maximum Gasteiger partial charge on any atom is 0.204 e. The van der Waals surface area contributed by atoms with Gasteiger partial charge < -0.3 is 14.0 Å². The smallest absolute Gasteiger partial charge is 0.204 e. The number of ether oxygens (including phenoxy) is 2. The van der Waals surface area contributed by atoms with Gasteiger partial charge in [-0.1, -0.05) is 5.16 Å². The van der Waals surface area contributed by atoms with Crippen molar-refractivity contribution in [3.05, 3.63) is 18.0 Å². The summed E-state index contributed by atoms with van der Waals surface area (Å²) in [5.74, 6) is 0. The average Bonchev–Trinajstić information content (AvgIpc) is 2.59. The van der Waals surface area contributed by atoms with Gasteiger partial charge in [-0.05, 0) is 0 Å². The summed E-state index contributed by atoms with van der Waals surface area (Å²) in [6.45, 7) is 1.27. The SMILES string of the molecule is c1cc(C2OCCO2)no1. The highest BCUT2D eigenvalue weighted by Crippen LogP contribution is 2.20. The summed E-state index contributed by atoms with van der Waals surface area (Å²) in [5.41, 5.74) is 0.706. The Morgan fingerprint density at radius 2 is 2.20 bits per heavy atom. The highest BCUT2D eigenvalue weighted by atomic mass is 16.7. The summed E-state index contributed by atoms with van der Waals surface area (Å²) in [6, 6.07) is 1.73. The second-order valence-corrected chi connectivity index (χ2v) is 2.00. The maximum atomic E-state index is 5.15. The van der Waals surface area contributed by atoms with E-state index < -0.39 is 0 Å². The molecular formula is C6H7NO3. The van der Waals surface area contributed by atoms with Crippen LogP contribution in [0.5, 0.6) is 0 Å². The molecular weight excluding hydrogens is 134 g/mol. The number of hydrogen-bond donors (Lipinski definition) is 0. The van der Waals surface area contributed by atoms with Crippen LogP contribution >= 0.6 is 0 Å². The Hall–Kier alpha value is -0.870. The molecule has 0 spiro atoms. The highest BCUT2D eigenvalue weighted by molar-refractivity contribution is 4.97. The molecule has 4 heteroatoms. The van der Waals surface area contributed by atoms with Crippen LogP contribution in [-0.2, 0) is 9.47 Å². The van der Waals surface area contributed by atoms with Crippen LogP contribution in [-0.4, -0.2) is 18.4 Å². The van der Waals surface area contributed by atoms with Crippen molar-refractivity contribution in [3.63, 3.8) is 0 Å². The molecule has 0 aromatic carbocycles. The number of hydrogen-bond acceptors (Lipinski definition) is 4. The van der Waals surface area contributed by atoms with Crippen molar-refractivity contribution in [2.45, 2.75) is 6.29 Å². The normalized spacial score (nSPS) is 20.0. The van der Waals surface area contributed by atoms with Gasteiger partial charge in [0.15, 0.2) is 0 Å². The van der Waals surface area contributed by atoms with Crippen LogP contribution in [0.15, 0.2) is 16.9 Å². The highest BCUT2D eigenvalue weighted by Gasteiger charge is 2.20. The Kier molecular flexibility index (Phi) is 1.41. The predicted octanol–water partition coefficient (Wildman–Crippen LogP) is 0.720. The first-order chi connectivity index (χ1) is 4.97. The van der Waals surface area contributed by atoms with E-state index in [0.717, 1.165) is 0 Å². The molecule has 0 N–H and O–H groups in total. The van der Waals surface area contributed by atoms with Crippen LogP contribution in [0.25, 0.3) is 0 Å². The predicted molar refractivity (Wildman–Crippen MR) is 31.1 cm³/mol. The lowest BCUT2D eigenvalue weighted by atomic mass is 10.4. The maximum absolute atomic E-state index is 5.15. The quantitative estimate of drug-likeness (QED) is 0.578. The molecule has 2 heterocycles. The van der Waals surface area contributed by atoms with Crippen molar-refractivity contribution in [2.75, 3.05) is 13.2 Å². The fourth-order valence-corrected chi connectivity index (χ4v) is 0.873. The fraction of sp³-hybridized carbons (Fsp3) is 0.500. The van der Waals surface area contributed by atoms with Gasteiger partial charge in [-0.2, -0.15) is 0 Å². The topological polar surface area (TPSA) is 44.5 Å². The zero-order chi connectivity index (χ0) is 6.81. The second kappa shape index (κ2) is 2.40. The Balaban J connectivity index is 2.12. The average molecular weight is 141 g/mol. The van der Waals surface area contributed by atoms with E-state index in [2.05, 4.69) is 9.68 Å².